The lowest BCUT2D eigenvalue weighted by Crippen LogP contribution is -2.43. The first-order valence-electron chi connectivity index (χ1n) is 8.89. The fourth-order valence-corrected chi connectivity index (χ4v) is 2.95. The summed E-state index contributed by atoms with van der Waals surface area (Å²) in [4.78, 5) is 16.6. The highest BCUT2D eigenvalue weighted by molar-refractivity contribution is 5.92. The van der Waals surface area contributed by atoms with E-state index in [9.17, 15) is 4.79 Å². The van der Waals surface area contributed by atoms with Crippen molar-refractivity contribution in [2.45, 2.75) is 6.42 Å². The van der Waals surface area contributed by atoms with Crippen LogP contribution in [0.15, 0.2) is 40.8 Å². The number of rotatable bonds is 7. The van der Waals surface area contributed by atoms with Crippen LogP contribution in [0.3, 0.4) is 0 Å². The molecule has 2 aromatic rings. The second kappa shape index (κ2) is 9.18. The average Bonchev–Trinajstić information content (AvgIpc) is 3.10. The van der Waals surface area contributed by atoms with Gasteiger partial charge in [-0.2, -0.15) is 5.26 Å². The van der Waals surface area contributed by atoms with Crippen LogP contribution in [0.1, 0.15) is 12.2 Å². The molecule has 0 radical (unpaired) electrons. The van der Waals surface area contributed by atoms with Crippen molar-refractivity contribution >= 4 is 23.0 Å². The van der Waals surface area contributed by atoms with Gasteiger partial charge in [-0.25, -0.2) is 0 Å². The molecule has 0 atom stereocenters. The number of nitriles is 1. The molecule has 6 heteroatoms. The van der Waals surface area contributed by atoms with E-state index < -0.39 is 0 Å². The molecule has 1 amide bonds. The SMILES string of the molecule is N#CCCN(CCN1CCOCC1)C(=O)/C=C/c1cc2ccccc2o1. The van der Waals surface area contributed by atoms with Crippen LogP contribution in [0.4, 0.5) is 0 Å². The smallest absolute Gasteiger partial charge is 0.246 e. The van der Waals surface area contributed by atoms with E-state index in [1.54, 1.807) is 11.0 Å². The fraction of sp³-hybridized carbons (Fsp3) is 0.400. The maximum atomic E-state index is 12.6. The zero-order valence-corrected chi connectivity index (χ0v) is 14.8. The van der Waals surface area contributed by atoms with Gasteiger partial charge in [-0.15, -0.1) is 0 Å². The van der Waals surface area contributed by atoms with Crippen LogP contribution in [-0.2, 0) is 9.53 Å². The predicted octanol–water partition coefficient (Wildman–Crippen LogP) is 2.52. The molecular weight excluding hydrogens is 330 g/mol. The molecule has 0 spiro atoms. The van der Waals surface area contributed by atoms with Crippen LogP contribution in [0.25, 0.3) is 17.0 Å². The van der Waals surface area contributed by atoms with Gasteiger partial charge in [0, 0.05) is 44.2 Å². The first-order valence-corrected chi connectivity index (χ1v) is 8.89. The normalized spacial score (nSPS) is 15.3. The number of para-hydroxylation sites is 1. The third kappa shape index (κ3) is 4.94. The molecule has 26 heavy (non-hydrogen) atoms. The molecule has 0 N–H and O–H groups in total. The molecule has 136 valence electrons. The lowest BCUT2D eigenvalue weighted by atomic mass is 10.2. The zero-order valence-electron chi connectivity index (χ0n) is 14.8. The van der Waals surface area contributed by atoms with Gasteiger partial charge in [0.05, 0.1) is 25.7 Å². The Kier molecular flexibility index (Phi) is 6.42. The lowest BCUT2D eigenvalue weighted by Gasteiger charge is -2.29. The number of carbonyl (C=O) groups excluding carboxylic acids is 1. The molecule has 1 saturated heterocycles. The fourth-order valence-electron chi connectivity index (χ4n) is 2.95. The van der Waals surface area contributed by atoms with E-state index in [0.717, 1.165) is 43.8 Å². The Morgan fingerprint density at radius 1 is 1.27 bits per heavy atom. The van der Waals surface area contributed by atoms with Crippen molar-refractivity contribution in [3.8, 4) is 6.07 Å². The van der Waals surface area contributed by atoms with Crippen molar-refractivity contribution < 1.29 is 13.9 Å². The summed E-state index contributed by atoms with van der Waals surface area (Å²) in [5.74, 6) is 0.543. The average molecular weight is 353 g/mol. The number of fused-ring (bicyclic) bond motifs is 1. The van der Waals surface area contributed by atoms with Gasteiger partial charge in [0.2, 0.25) is 5.91 Å². The number of ether oxygens (including phenoxy) is 1. The van der Waals surface area contributed by atoms with Crippen LogP contribution in [0.2, 0.25) is 0 Å². The quantitative estimate of drug-likeness (QED) is 0.716. The minimum Gasteiger partial charge on any atom is -0.457 e. The summed E-state index contributed by atoms with van der Waals surface area (Å²) >= 11 is 0. The zero-order chi connectivity index (χ0) is 18.2. The predicted molar refractivity (Wildman–Crippen MR) is 99.3 cm³/mol. The van der Waals surface area contributed by atoms with Gasteiger partial charge in [0.1, 0.15) is 11.3 Å². The van der Waals surface area contributed by atoms with E-state index >= 15 is 0 Å². The summed E-state index contributed by atoms with van der Waals surface area (Å²) in [5.41, 5.74) is 0.799. The molecule has 6 nitrogen and oxygen atoms in total. The maximum Gasteiger partial charge on any atom is 0.246 e. The number of benzene rings is 1. The summed E-state index contributed by atoms with van der Waals surface area (Å²) in [7, 11) is 0. The molecule has 0 saturated carbocycles. The topological polar surface area (TPSA) is 69.7 Å². The molecule has 0 bridgehead atoms. The molecule has 1 aliphatic rings. The highest BCUT2D eigenvalue weighted by atomic mass is 16.5. The monoisotopic (exact) mass is 353 g/mol. The van der Waals surface area contributed by atoms with Crippen molar-refractivity contribution in [1.29, 1.82) is 5.26 Å². The minimum atomic E-state index is -0.103. The molecule has 2 heterocycles. The molecule has 1 fully saturated rings. The number of hydrogen-bond acceptors (Lipinski definition) is 5. The molecule has 0 aliphatic carbocycles. The van der Waals surface area contributed by atoms with Gasteiger partial charge in [0.25, 0.3) is 0 Å². The van der Waals surface area contributed by atoms with Crippen LogP contribution < -0.4 is 0 Å². The largest absolute Gasteiger partial charge is 0.457 e. The Labute approximate surface area is 153 Å². The van der Waals surface area contributed by atoms with Crippen molar-refractivity contribution in [2.75, 3.05) is 45.9 Å². The second-order valence-corrected chi connectivity index (χ2v) is 6.21. The minimum absolute atomic E-state index is 0.103. The third-order valence-corrected chi connectivity index (χ3v) is 4.43. The van der Waals surface area contributed by atoms with E-state index in [-0.39, 0.29) is 5.91 Å². The number of amides is 1. The summed E-state index contributed by atoms with van der Waals surface area (Å²) in [6.07, 6.45) is 3.54. The van der Waals surface area contributed by atoms with Crippen LogP contribution in [0, 0.1) is 11.3 Å². The summed E-state index contributed by atoms with van der Waals surface area (Å²) in [6, 6.07) is 11.8. The first kappa shape index (κ1) is 18.2. The van der Waals surface area contributed by atoms with Crippen LogP contribution in [0.5, 0.6) is 0 Å². The van der Waals surface area contributed by atoms with Crippen molar-refractivity contribution in [2.24, 2.45) is 0 Å². The number of morpholine rings is 1. The van der Waals surface area contributed by atoms with Crippen molar-refractivity contribution in [1.82, 2.24) is 9.80 Å². The molecular formula is C20H23N3O3. The number of furan rings is 1. The van der Waals surface area contributed by atoms with E-state index in [2.05, 4.69) is 11.0 Å². The number of carbonyl (C=O) groups is 1. The van der Waals surface area contributed by atoms with Crippen molar-refractivity contribution in [3.05, 3.63) is 42.2 Å². The standard InChI is InChI=1S/C20H23N3O3/c21-8-3-9-23(11-10-22-12-14-25-15-13-22)20(24)7-6-18-16-17-4-1-2-5-19(17)26-18/h1-2,4-7,16H,3,9-15H2/b7-6+. The molecule has 1 aliphatic heterocycles. The van der Waals surface area contributed by atoms with Gasteiger partial charge in [-0.05, 0) is 18.2 Å². The summed E-state index contributed by atoms with van der Waals surface area (Å²) in [5, 5.41) is 9.86. The van der Waals surface area contributed by atoms with E-state index in [1.165, 1.54) is 6.08 Å². The van der Waals surface area contributed by atoms with Gasteiger partial charge in [0.15, 0.2) is 0 Å². The lowest BCUT2D eigenvalue weighted by molar-refractivity contribution is -0.126. The van der Waals surface area contributed by atoms with Gasteiger partial charge < -0.3 is 14.1 Å². The maximum absolute atomic E-state index is 12.6. The van der Waals surface area contributed by atoms with Crippen LogP contribution >= 0.6 is 0 Å². The van der Waals surface area contributed by atoms with Gasteiger partial charge in [-0.3, -0.25) is 9.69 Å². The second-order valence-electron chi connectivity index (χ2n) is 6.21. The highest BCUT2D eigenvalue weighted by Crippen LogP contribution is 2.19. The van der Waals surface area contributed by atoms with Gasteiger partial charge >= 0.3 is 0 Å². The summed E-state index contributed by atoms with van der Waals surface area (Å²) < 4.78 is 11.0. The first-order chi connectivity index (χ1) is 12.8. The molecule has 1 aromatic heterocycles. The Morgan fingerprint density at radius 3 is 2.85 bits per heavy atom. The number of nitrogens with zero attached hydrogens (tertiary/aromatic N) is 3. The third-order valence-electron chi connectivity index (χ3n) is 4.43. The van der Waals surface area contributed by atoms with E-state index in [4.69, 9.17) is 14.4 Å². The Balaban J connectivity index is 1.60. The summed E-state index contributed by atoms with van der Waals surface area (Å²) in [6.45, 7) is 5.06. The Morgan fingerprint density at radius 2 is 2.08 bits per heavy atom. The Hall–Kier alpha value is -2.62. The molecule has 3 rings (SSSR count). The molecule has 0 unspecified atom stereocenters. The Bertz CT molecular complexity index is 767. The number of hydrogen-bond donors (Lipinski definition) is 0. The van der Waals surface area contributed by atoms with E-state index in [1.807, 2.05) is 30.3 Å². The van der Waals surface area contributed by atoms with Gasteiger partial charge in [-0.1, -0.05) is 18.2 Å². The molecule has 1 aromatic carbocycles. The van der Waals surface area contributed by atoms with E-state index in [0.29, 0.717) is 25.3 Å². The van der Waals surface area contributed by atoms with Crippen LogP contribution in [-0.4, -0.2) is 61.6 Å². The van der Waals surface area contributed by atoms with Crippen molar-refractivity contribution in [3.63, 3.8) is 0 Å². The highest BCUT2D eigenvalue weighted by Gasteiger charge is 2.15.